The summed E-state index contributed by atoms with van der Waals surface area (Å²) in [5, 5.41) is 8.60. The average molecular weight is 423 g/mol. The van der Waals surface area contributed by atoms with E-state index in [0.29, 0.717) is 43.0 Å². The summed E-state index contributed by atoms with van der Waals surface area (Å²) in [6.45, 7) is 1.46. The maximum Gasteiger partial charge on any atom is 0.416 e. The molecule has 158 valence electrons. The van der Waals surface area contributed by atoms with Crippen LogP contribution in [-0.2, 0) is 10.9 Å². The SMILES string of the molecule is O=C(Nc1cccc2c1[C@H]([C@@H]1COCCN1)NC2=O)c1cc(F)cc(C(F)(F)F)c1. The molecule has 2 heterocycles. The molecule has 0 aliphatic carbocycles. The molecule has 2 aliphatic heterocycles. The predicted octanol–water partition coefficient (Wildman–Crippen LogP) is 2.87. The molecule has 10 heteroatoms. The fourth-order valence-electron chi connectivity index (χ4n) is 3.68. The van der Waals surface area contributed by atoms with Gasteiger partial charge in [0.05, 0.1) is 30.9 Å². The zero-order chi connectivity index (χ0) is 21.5. The van der Waals surface area contributed by atoms with Gasteiger partial charge in [-0.3, -0.25) is 9.59 Å². The van der Waals surface area contributed by atoms with E-state index in [2.05, 4.69) is 16.0 Å². The first-order chi connectivity index (χ1) is 14.2. The quantitative estimate of drug-likeness (QED) is 0.664. The van der Waals surface area contributed by atoms with Crippen LogP contribution in [0.3, 0.4) is 0 Å². The Hall–Kier alpha value is -2.98. The molecule has 0 unspecified atom stereocenters. The molecule has 30 heavy (non-hydrogen) atoms. The second-order valence-electron chi connectivity index (χ2n) is 7.03. The molecule has 0 bridgehead atoms. The van der Waals surface area contributed by atoms with Crippen LogP contribution in [0.2, 0.25) is 0 Å². The van der Waals surface area contributed by atoms with Gasteiger partial charge in [0.1, 0.15) is 5.82 Å². The van der Waals surface area contributed by atoms with E-state index in [9.17, 15) is 27.2 Å². The van der Waals surface area contributed by atoms with Crippen molar-refractivity contribution < 1.29 is 31.9 Å². The lowest BCUT2D eigenvalue weighted by Crippen LogP contribution is -2.48. The fourth-order valence-corrected chi connectivity index (χ4v) is 3.68. The number of ether oxygens (including phenoxy) is 1. The molecule has 0 radical (unpaired) electrons. The molecule has 2 amide bonds. The van der Waals surface area contributed by atoms with Crippen molar-refractivity contribution >= 4 is 17.5 Å². The smallest absolute Gasteiger partial charge is 0.378 e. The molecule has 0 spiro atoms. The van der Waals surface area contributed by atoms with E-state index in [1.807, 2.05) is 0 Å². The van der Waals surface area contributed by atoms with Crippen molar-refractivity contribution in [2.45, 2.75) is 18.3 Å². The number of nitrogens with one attached hydrogen (secondary N) is 3. The third kappa shape index (κ3) is 3.88. The second kappa shape index (κ2) is 7.69. The maximum absolute atomic E-state index is 13.7. The maximum atomic E-state index is 13.7. The Labute approximate surface area is 168 Å². The molecule has 1 fully saturated rings. The lowest BCUT2D eigenvalue weighted by Gasteiger charge is -2.30. The predicted molar refractivity (Wildman–Crippen MR) is 98.6 cm³/mol. The number of halogens is 4. The van der Waals surface area contributed by atoms with Gasteiger partial charge in [0.15, 0.2) is 0 Å². The lowest BCUT2D eigenvalue weighted by molar-refractivity contribution is -0.137. The van der Waals surface area contributed by atoms with Crippen LogP contribution in [0.4, 0.5) is 23.2 Å². The van der Waals surface area contributed by atoms with Crippen molar-refractivity contribution in [2.75, 3.05) is 25.1 Å². The van der Waals surface area contributed by atoms with Crippen molar-refractivity contribution in [2.24, 2.45) is 0 Å². The Kier molecular flexibility index (Phi) is 5.20. The Morgan fingerprint density at radius 3 is 2.70 bits per heavy atom. The molecule has 2 atom stereocenters. The Balaban J connectivity index is 1.66. The minimum atomic E-state index is -4.79. The van der Waals surface area contributed by atoms with Gasteiger partial charge in [-0.15, -0.1) is 0 Å². The number of rotatable bonds is 3. The number of anilines is 1. The highest BCUT2D eigenvalue weighted by atomic mass is 19.4. The first-order valence-electron chi connectivity index (χ1n) is 9.18. The standard InChI is InChI=1S/C20H17F4N3O3/c21-12-7-10(6-11(8-12)20(22,23)24)18(28)26-14-3-1-2-13-16(14)17(27-19(13)29)15-9-30-5-4-25-15/h1-3,6-8,15,17,25H,4-5,9H2,(H,26,28)(H,27,29)/t15-,17-/m0/s1. The van der Waals surface area contributed by atoms with Gasteiger partial charge in [-0.1, -0.05) is 6.07 Å². The van der Waals surface area contributed by atoms with Crippen molar-refractivity contribution in [3.05, 3.63) is 64.5 Å². The van der Waals surface area contributed by atoms with Gasteiger partial charge in [-0.2, -0.15) is 13.2 Å². The molecule has 2 aromatic carbocycles. The highest BCUT2D eigenvalue weighted by Crippen LogP contribution is 2.35. The number of carbonyl (C=O) groups is 2. The van der Waals surface area contributed by atoms with Crippen molar-refractivity contribution in [1.82, 2.24) is 10.6 Å². The highest BCUT2D eigenvalue weighted by molar-refractivity contribution is 6.07. The van der Waals surface area contributed by atoms with Crippen LogP contribution < -0.4 is 16.0 Å². The van der Waals surface area contributed by atoms with Crippen LogP contribution in [0.25, 0.3) is 0 Å². The lowest BCUT2D eigenvalue weighted by atomic mass is 9.96. The monoisotopic (exact) mass is 423 g/mol. The first-order valence-corrected chi connectivity index (χ1v) is 9.18. The normalized spacial score (nSPS) is 21.1. The Morgan fingerprint density at radius 1 is 1.20 bits per heavy atom. The minimum Gasteiger partial charge on any atom is -0.378 e. The molecule has 2 aromatic rings. The number of hydrogen-bond acceptors (Lipinski definition) is 4. The minimum absolute atomic E-state index is 0.243. The number of benzene rings is 2. The molecular weight excluding hydrogens is 406 g/mol. The summed E-state index contributed by atoms with van der Waals surface area (Å²) < 4.78 is 58.0. The van der Waals surface area contributed by atoms with Crippen LogP contribution in [0, 0.1) is 5.82 Å². The summed E-state index contributed by atoms with van der Waals surface area (Å²) in [6, 6.07) is 5.57. The Bertz CT molecular complexity index is 1000. The van der Waals surface area contributed by atoms with E-state index in [1.54, 1.807) is 12.1 Å². The summed E-state index contributed by atoms with van der Waals surface area (Å²) in [6.07, 6.45) is -4.79. The van der Waals surface area contributed by atoms with Gasteiger partial charge in [0.2, 0.25) is 0 Å². The van der Waals surface area contributed by atoms with Crippen LogP contribution in [0.1, 0.15) is 37.9 Å². The molecule has 0 saturated carbocycles. The number of amides is 2. The number of carbonyl (C=O) groups excluding carboxylic acids is 2. The third-order valence-electron chi connectivity index (χ3n) is 5.04. The summed E-state index contributed by atoms with van der Waals surface area (Å²) in [4.78, 5) is 25.0. The molecule has 6 nitrogen and oxygen atoms in total. The molecule has 3 N–H and O–H groups in total. The summed E-state index contributed by atoms with van der Waals surface area (Å²) >= 11 is 0. The molecular formula is C20H17F4N3O3. The first kappa shape index (κ1) is 20.3. The van der Waals surface area contributed by atoms with Gasteiger partial charge >= 0.3 is 6.18 Å². The van der Waals surface area contributed by atoms with Crippen LogP contribution in [-0.4, -0.2) is 37.6 Å². The Morgan fingerprint density at radius 2 is 2.00 bits per heavy atom. The summed E-state index contributed by atoms with van der Waals surface area (Å²) in [5.74, 6) is -2.42. The van der Waals surface area contributed by atoms with Gasteiger partial charge in [0, 0.05) is 28.9 Å². The zero-order valence-electron chi connectivity index (χ0n) is 15.5. The number of morpholine rings is 1. The topological polar surface area (TPSA) is 79.5 Å². The largest absolute Gasteiger partial charge is 0.416 e. The molecule has 0 aromatic heterocycles. The number of alkyl halides is 3. The third-order valence-corrected chi connectivity index (χ3v) is 5.04. The van der Waals surface area contributed by atoms with Gasteiger partial charge in [0.25, 0.3) is 11.8 Å². The summed E-state index contributed by atoms with van der Waals surface area (Å²) in [7, 11) is 0. The van der Waals surface area contributed by atoms with Crippen molar-refractivity contribution in [3.63, 3.8) is 0 Å². The summed E-state index contributed by atoms with van der Waals surface area (Å²) in [5.41, 5.74) is -0.630. The second-order valence-corrected chi connectivity index (χ2v) is 7.03. The number of fused-ring (bicyclic) bond motifs is 1. The van der Waals surface area contributed by atoms with Crippen molar-refractivity contribution in [1.29, 1.82) is 0 Å². The number of hydrogen-bond donors (Lipinski definition) is 3. The van der Waals surface area contributed by atoms with E-state index in [0.717, 1.165) is 6.07 Å². The van der Waals surface area contributed by atoms with E-state index >= 15 is 0 Å². The van der Waals surface area contributed by atoms with Crippen LogP contribution in [0.5, 0.6) is 0 Å². The van der Waals surface area contributed by atoms with Crippen LogP contribution in [0.15, 0.2) is 36.4 Å². The van der Waals surface area contributed by atoms with E-state index < -0.39 is 35.1 Å². The highest BCUT2D eigenvalue weighted by Gasteiger charge is 2.37. The molecule has 4 rings (SSSR count). The van der Waals surface area contributed by atoms with Gasteiger partial charge < -0.3 is 20.7 Å². The average Bonchev–Trinajstić information content (AvgIpc) is 3.05. The molecule has 2 aliphatic rings. The van der Waals surface area contributed by atoms with Gasteiger partial charge in [-0.05, 0) is 30.3 Å². The molecule has 1 saturated heterocycles. The zero-order valence-corrected chi connectivity index (χ0v) is 15.5. The van der Waals surface area contributed by atoms with E-state index in [4.69, 9.17) is 4.74 Å². The van der Waals surface area contributed by atoms with Crippen LogP contribution >= 0.6 is 0 Å². The fraction of sp³-hybridized carbons (Fsp3) is 0.300. The van der Waals surface area contributed by atoms with E-state index in [-0.39, 0.29) is 17.6 Å². The van der Waals surface area contributed by atoms with Gasteiger partial charge in [-0.25, -0.2) is 4.39 Å². The van der Waals surface area contributed by atoms with E-state index in [1.165, 1.54) is 6.07 Å². The van der Waals surface area contributed by atoms with Crippen molar-refractivity contribution in [3.8, 4) is 0 Å².